The molecule has 1 N–H and O–H groups in total. The summed E-state index contributed by atoms with van der Waals surface area (Å²) in [7, 11) is 29.3. The van der Waals surface area contributed by atoms with Gasteiger partial charge in [0.15, 0.2) is 0 Å². The van der Waals surface area contributed by atoms with E-state index in [0.717, 1.165) is 24.8 Å². The molecule has 50 heavy (non-hydrogen) atoms. The number of hydrogen-bond acceptors (Lipinski definition) is 13. The maximum Gasteiger partial charge on any atom is 1.00 e. The van der Waals surface area contributed by atoms with Crippen LogP contribution in [0.1, 0.15) is 44.9 Å². The summed E-state index contributed by atoms with van der Waals surface area (Å²) < 4.78 is 9.08. The molecule has 0 fully saturated rings. The second kappa shape index (κ2) is 154. The second-order valence-electron chi connectivity index (χ2n) is 3.32. The van der Waals surface area contributed by atoms with Gasteiger partial charge in [-0.1, -0.05) is 30.3 Å². The van der Waals surface area contributed by atoms with Gasteiger partial charge in [0, 0.05) is 266 Å². The molecule has 0 aliphatic heterocycles. The zero-order chi connectivity index (χ0) is 36.4. The van der Waals surface area contributed by atoms with Crippen LogP contribution in [0.2, 0.25) is 0 Å². The van der Waals surface area contributed by atoms with Gasteiger partial charge >= 0.3 is 132 Å². The molecule has 0 spiro atoms. The summed E-state index contributed by atoms with van der Waals surface area (Å²) >= 11 is 30.4. The molecule has 0 rings (SSSR count). The molecule has 0 heterocycles. The maximum absolute atomic E-state index is 8.81. The van der Waals surface area contributed by atoms with Crippen molar-refractivity contribution in [2.75, 3.05) is 39.4 Å². The van der Waals surface area contributed by atoms with Gasteiger partial charge in [-0.2, -0.15) is 0 Å². The van der Waals surface area contributed by atoms with Gasteiger partial charge in [0.05, 0.1) is 0 Å². The SMILES string of the molecule is Br.C.CC=O.CCBr.CCO.CCOC.CCOC.O=CO[O-].S=S=S=S.S=S=S=S=S=S=S=S=S.S=S=S=S=S=S=S=S=S=S.[B].[H-].[H-].[K+].[K+].[Na+]. The van der Waals surface area contributed by atoms with Crippen LogP contribution in [-0.2, 0) is 242 Å². The standard InChI is InChI=1S/2C3H8O.C2H5Br.C2H6O.C2H4O.CH2O3.CH4.B.BrH.2K.Na.S10.S9.S4.2H/c2*1-3-4-2;3*1-2-3;2-1-4-3;;;;;;;1-3-5-7-9-10-8-6-4-2;1-3-5-7-9-8-6-4-2;1-3-4-2;;/h2*3H2,1-2H3;2H2,1H3;3H,2H2,1H3;2H,1H3;1,3H;1H4;;1H;;;;;;;;/q;;;;;;;;;3*+1;;;;2*-1/p-1. The summed E-state index contributed by atoms with van der Waals surface area (Å²) in [6.45, 7) is 10.8. The fourth-order valence-corrected chi connectivity index (χ4v) is 30.3. The molecular formula is C14H39BBr2K2NaO7S23. The van der Waals surface area contributed by atoms with Crippen LogP contribution in [0.5, 0.6) is 0 Å². The van der Waals surface area contributed by atoms with Crippen molar-refractivity contribution in [2.24, 2.45) is 0 Å². The minimum absolute atomic E-state index is 0. The monoisotopic (exact) mass is 1320 g/mol. The molecular weight excluding hydrogens is 1290 g/mol. The molecule has 7 nitrogen and oxygen atoms in total. The Labute approximate surface area is 510 Å². The third-order valence-electron chi connectivity index (χ3n) is 1.01. The van der Waals surface area contributed by atoms with Crippen LogP contribution in [0.25, 0.3) is 0 Å². The van der Waals surface area contributed by atoms with E-state index in [9.17, 15) is 0 Å². The van der Waals surface area contributed by atoms with E-state index in [1.54, 1.807) is 119 Å². The Balaban J connectivity index is -0.0000000180. The van der Waals surface area contributed by atoms with Crippen molar-refractivity contribution in [3.05, 3.63) is 0 Å². The average Bonchev–Trinajstić information content (AvgIpc) is 3.04. The largest absolute Gasteiger partial charge is 1.00 e. The molecule has 0 unspecified atom stereocenters. The van der Waals surface area contributed by atoms with E-state index in [-0.39, 0.29) is 181 Å². The number of halogens is 2. The average molecular weight is 1330 g/mol. The molecule has 0 amide bonds. The van der Waals surface area contributed by atoms with E-state index in [0.29, 0.717) is 0 Å². The van der Waals surface area contributed by atoms with Gasteiger partial charge in [-0.05, 0) is 27.7 Å². The van der Waals surface area contributed by atoms with Gasteiger partial charge in [0.2, 0.25) is 0 Å². The van der Waals surface area contributed by atoms with Crippen LogP contribution in [0.3, 0.4) is 0 Å². The van der Waals surface area contributed by atoms with Crippen LogP contribution >= 0.6 is 32.9 Å². The maximum atomic E-state index is 8.81. The molecule has 0 aromatic rings. The van der Waals surface area contributed by atoms with Crippen molar-refractivity contribution in [3.8, 4) is 0 Å². The number of aldehydes is 1. The van der Waals surface area contributed by atoms with Gasteiger partial charge in [-0.25, -0.2) is 0 Å². The number of methoxy groups -OCH3 is 2. The van der Waals surface area contributed by atoms with E-state index >= 15 is 0 Å². The summed E-state index contributed by atoms with van der Waals surface area (Å²) in [5, 5.41) is 17.1. The normalized spacial score (nSPS) is 5.56. The number of alkyl halides is 1. The fraction of sp³-hybridized carbons (Fsp3) is 0.857. The summed E-state index contributed by atoms with van der Waals surface area (Å²) in [4.78, 5) is 20.1. The Bertz CT molecular complexity index is 1230. The molecule has 0 saturated carbocycles. The number of rotatable bonds is 3. The van der Waals surface area contributed by atoms with Crippen molar-refractivity contribution in [2.45, 2.75) is 42.0 Å². The van der Waals surface area contributed by atoms with Gasteiger partial charge < -0.3 is 32.4 Å². The zero-order valence-corrected chi connectivity index (χ0v) is 58.0. The van der Waals surface area contributed by atoms with Crippen molar-refractivity contribution in [1.82, 2.24) is 0 Å². The van der Waals surface area contributed by atoms with Gasteiger partial charge in [0.1, 0.15) is 6.29 Å². The Morgan fingerprint density at radius 1 is 0.660 bits per heavy atom. The molecule has 0 aromatic heterocycles. The quantitative estimate of drug-likeness (QED) is 0.0955. The Kier molecular flexibility index (Phi) is 316. The summed E-state index contributed by atoms with van der Waals surface area (Å²) in [5.41, 5.74) is 0. The first-order chi connectivity index (χ1) is 21.2. The first-order valence-corrected chi connectivity index (χ1v) is 37.4. The molecule has 0 bridgehead atoms. The Hall–Kier alpha value is 9.34. The molecule has 0 atom stereocenters. The van der Waals surface area contributed by atoms with Crippen molar-refractivity contribution in [3.63, 3.8) is 0 Å². The molecule has 295 valence electrons. The first kappa shape index (κ1) is 103. The summed E-state index contributed by atoms with van der Waals surface area (Å²) in [6, 6.07) is 0. The topological polar surface area (TPSA) is 105 Å². The van der Waals surface area contributed by atoms with Crippen LogP contribution < -0.4 is 138 Å². The molecule has 0 saturated heterocycles. The molecule has 0 aromatic carbocycles. The number of carbonyl (C=O) groups excluding carboxylic acids is 2. The van der Waals surface area contributed by atoms with Crippen LogP contribution in [0.15, 0.2) is 0 Å². The molecule has 36 heteroatoms. The van der Waals surface area contributed by atoms with Gasteiger partial charge in [-0.15, -0.1) is 17.0 Å². The van der Waals surface area contributed by atoms with Crippen LogP contribution in [0.4, 0.5) is 0 Å². The van der Waals surface area contributed by atoms with Crippen LogP contribution in [0, 0.1) is 0 Å². The fourth-order valence-electron chi connectivity index (χ4n) is 0.125. The van der Waals surface area contributed by atoms with E-state index in [1.165, 1.54) is 60.2 Å². The van der Waals surface area contributed by atoms with Crippen molar-refractivity contribution < 1.29 is 169 Å². The van der Waals surface area contributed by atoms with Gasteiger partial charge in [0.25, 0.3) is 6.47 Å². The first-order valence-electron chi connectivity index (χ1n) is 9.59. The van der Waals surface area contributed by atoms with E-state index in [1.807, 2.05) is 20.8 Å². The number of aliphatic hydroxyl groups excluding tert-OH is 1. The Morgan fingerprint density at radius 3 is 0.840 bits per heavy atom. The van der Waals surface area contributed by atoms with Crippen molar-refractivity contribution in [1.29, 1.82) is 0 Å². The van der Waals surface area contributed by atoms with E-state index < -0.39 is 0 Å². The van der Waals surface area contributed by atoms with E-state index in [4.69, 9.17) is 20.0 Å². The van der Waals surface area contributed by atoms with Crippen LogP contribution in [-0.4, -0.2) is 65.6 Å². The predicted octanol–water partition coefficient (Wildman–Crippen LogP) is -6.64. The molecule has 0 aliphatic rings. The second-order valence-corrected chi connectivity index (χ2v) is 34.5. The van der Waals surface area contributed by atoms with Gasteiger partial charge in [-0.3, -0.25) is 4.79 Å². The molecule has 0 aliphatic carbocycles. The number of hydrogen-bond donors (Lipinski definition) is 1. The van der Waals surface area contributed by atoms with E-state index in [2.05, 4.69) is 97.4 Å². The summed E-state index contributed by atoms with van der Waals surface area (Å²) in [5.74, 6) is 0. The molecule has 3 radical (unpaired) electrons. The smallest absolute Gasteiger partial charge is 1.00 e. The van der Waals surface area contributed by atoms with Crippen molar-refractivity contribution >= 4 is 272 Å². The Morgan fingerprint density at radius 2 is 0.780 bits per heavy atom. The number of aliphatic hydroxyl groups is 1. The number of carbonyl (C=O) groups is 2. The minimum Gasteiger partial charge on any atom is -1.00 e. The number of ether oxygens (including phenoxy) is 2. The zero-order valence-electron chi connectivity index (χ0n) is 29.6. The third-order valence-corrected chi connectivity index (χ3v) is 32.1. The minimum atomic E-state index is -0.181. The third kappa shape index (κ3) is 262. The summed E-state index contributed by atoms with van der Waals surface area (Å²) in [6.07, 6.45) is 0.750. The predicted molar refractivity (Wildman–Crippen MR) is 281 cm³/mol.